The van der Waals surface area contributed by atoms with Crippen LogP contribution in [-0.2, 0) is 0 Å². The van der Waals surface area contributed by atoms with Gasteiger partial charge >= 0.3 is 0 Å². The topological polar surface area (TPSA) is 21.3 Å². The second kappa shape index (κ2) is 4.43. The van der Waals surface area contributed by atoms with Crippen molar-refractivity contribution in [1.29, 1.82) is 0 Å². The van der Waals surface area contributed by atoms with Gasteiger partial charge < -0.3 is 8.38 Å². The van der Waals surface area contributed by atoms with Crippen LogP contribution in [0.4, 0.5) is 5.69 Å². The predicted octanol–water partition coefficient (Wildman–Crippen LogP) is 2.85. The van der Waals surface area contributed by atoms with Crippen molar-refractivity contribution in [3.8, 4) is 5.75 Å². The third-order valence-electron chi connectivity index (χ3n) is 1.32. The highest BCUT2D eigenvalue weighted by Crippen LogP contribution is 2.16. The van der Waals surface area contributed by atoms with Gasteiger partial charge in [-0.25, -0.2) is 0 Å². The van der Waals surface area contributed by atoms with Gasteiger partial charge in [0.25, 0.3) is 0 Å². The minimum absolute atomic E-state index is 0.882. The average molecular weight is 263 g/mol. The summed E-state index contributed by atoms with van der Waals surface area (Å²) in [6.45, 7) is 3.02. The molecule has 1 aromatic rings. The van der Waals surface area contributed by atoms with Gasteiger partial charge in [0.15, 0.2) is 23.0 Å². The number of nitrogens with one attached hydrogen (secondary N) is 1. The molecule has 0 aliphatic carbocycles. The molecule has 0 unspecified atom stereocenters. The average Bonchev–Trinajstić information content (AvgIpc) is 2.07. The van der Waals surface area contributed by atoms with Gasteiger partial charge in [0.1, 0.15) is 5.75 Å². The van der Waals surface area contributed by atoms with E-state index in [9.17, 15) is 0 Å². The molecule has 0 radical (unpaired) electrons. The van der Waals surface area contributed by atoms with Gasteiger partial charge in [-0.3, -0.25) is 0 Å². The molecule has 0 aliphatic rings. The Morgan fingerprint density at radius 2 is 2.00 bits per heavy atom. The fourth-order valence-corrected chi connectivity index (χ4v) is 1.12. The molecule has 0 saturated carbocycles. The maximum absolute atomic E-state index is 4.99. The van der Waals surface area contributed by atoms with Crippen LogP contribution in [0.15, 0.2) is 24.3 Å². The molecular formula is C8H10INO. The summed E-state index contributed by atoms with van der Waals surface area (Å²) in [6.07, 6.45) is 0. The second-order valence-electron chi connectivity index (χ2n) is 2.13. The Balaban J connectivity index is 2.66. The molecule has 0 aliphatic heterocycles. The minimum atomic E-state index is 0.882. The van der Waals surface area contributed by atoms with E-state index in [1.165, 1.54) is 0 Å². The molecule has 1 aromatic carbocycles. The lowest BCUT2D eigenvalue weighted by Gasteiger charge is -2.02. The van der Waals surface area contributed by atoms with Crippen LogP contribution in [0.3, 0.4) is 0 Å². The second-order valence-corrected chi connectivity index (χ2v) is 2.57. The number of benzene rings is 1. The van der Waals surface area contributed by atoms with Gasteiger partial charge in [0.05, 0.1) is 0 Å². The van der Waals surface area contributed by atoms with Gasteiger partial charge in [-0.2, -0.15) is 0 Å². The lowest BCUT2D eigenvalue weighted by atomic mass is 10.3. The molecule has 11 heavy (non-hydrogen) atoms. The number of anilines is 1. The Morgan fingerprint density at radius 3 is 2.45 bits per heavy atom. The Morgan fingerprint density at radius 1 is 1.36 bits per heavy atom. The summed E-state index contributed by atoms with van der Waals surface area (Å²) in [5.41, 5.74) is 1.13. The third-order valence-corrected chi connectivity index (χ3v) is 1.83. The maximum atomic E-state index is 4.99. The normalized spacial score (nSPS) is 9.27. The highest BCUT2D eigenvalue weighted by molar-refractivity contribution is 14.1. The van der Waals surface area contributed by atoms with E-state index >= 15 is 0 Å². The van der Waals surface area contributed by atoms with Crippen molar-refractivity contribution >= 4 is 28.7 Å². The molecule has 0 saturated heterocycles. The van der Waals surface area contributed by atoms with E-state index in [4.69, 9.17) is 3.07 Å². The quantitative estimate of drug-likeness (QED) is 0.846. The molecule has 1 rings (SSSR count). The fourth-order valence-electron chi connectivity index (χ4n) is 0.828. The lowest BCUT2D eigenvalue weighted by molar-refractivity contribution is 0.717. The number of rotatable bonds is 3. The first-order valence-corrected chi connectivity index (χ1v) is 4.37. The van der Waals surface area contributed by atoms with Crippen molar-refractivity contribution in [3.05, 3.63) is 24.3 Å². The van der Waals surface area contributed by atoms with Crippen LogP contribution in [-0.4, -0.2) is 6.54 Å². The van der Waals surface area contributed by atoms with Crippen molar-refractivity contribution in [2.45, 2.75) is 6.92 Å². The van der Waals surface area contributed by atoms with Crippen molar-refractivity contribution < 1.29 is 3.07 Å². The zero-order valence-corrected chi connectivity index (χ0v) is 8.46. The van der Waals surface area contributed by atoms with E-state index in [0.29, 0.717) is 0 Å². The van der Waals surface area contributed by atoms with E-state index in [-0.39, 0.29) is 0 Å². The van der Waals surface area contributed by atoms with Crippen molar-refractivity contribution in [3.63, 3.8) is 0 Å². The maximum Gasteiger partial charge on any atom is 0.192 e. The number of hydrogen-bond acceptors (Lipinski definition) is 2. The van der Waals surface area contributed by atoms with Gasteiger partial charge in [-0.05, 0) is 31.2 Å². The van der Waals surface area contributed by atoms with Crippen LogP contribution in [0, 0.1) is 0 Å². The highest BCUT2D eigenvalue weighted by atomic mass is 127. The Labute approximate surface area is 80.6 Å². The fraction of sp³-hybridized carbons (Fsp3) is 0.250. The molecular weight excluding hydrogens is 253 g/mol. The molecule has 0 amide bonds. The Bertz CT molecular complexity index is 210. The van der Waals surface area contributed by atoms with Gasteiger partial charge in [0.2, 0.25) is 0 Å². The summed E-state index contributed by atoms with van der Waals surface area (Å²) in [5, 5.41) is 3.20. The first-order chi connectivity index (χ1) is 5.36. The van der Waals surface area contributed by atoms with E-state index in [0.717, 1.165) is 18.0 Å². The summed E-state index contributed by atoms with van der Waals surface area (Å²) in [7, 11) is 0. The van der Waals surface area contributed by atoms with Gasteiger partial charge in [-0.1, -0.05) is 0 Å². The summed E-state index contributed by atoms with van der Waals surface area (Å²) >= 11 is 1.87. The van der Waals surface area contributed by atoms with E-state index in [2.05, 4.69) is 12.2 Å². The van der Waals surface area contributed by atoms with E-state index < -0.39 is 0 Å². The molecule has 2 nitrogen and oxygen atoms in total. The van der Waals surface area contributed by atoms with Crippen LogP contribution < -0.4 is 8.38 Å². The minimum Gasteiger partial charge on any atom is -0.428 e. The van der Waals surface area contributed by atoms with Crippen molar-refractivity contribution in [2.75, 3.05) is 11.9 Å². The third kappa shape index (κ3) is 2.57. The summed E-state index contributed by atoms with van der Waals surface area (Å²) in [4.78, 5) is 0. The van der Waals surface area contributed by atoms with Crippen LogP contribution in [0.2, 0.25) is 0 Å². The molecule has 0 spiro atoms. The first-order valence-electron chi connectivity index (χ1n) is 3.49. The first kappa shape index (κ1) is 8.64. The van der Waals surface area contributed by atoms with Crippen LogP contribution in [0.25, 0.3) is 0 Å². The lowest BCUT2D eigenvalue weighted by Crippen LogP contribution is -1.95. The zero-order chi connectivity index (χ0) is 8.10. The molecule has 0 atom stereocenters. The van der Waals surface area contributed by atoms with Crippen molar-refractivity contribution in [2.24, 2.45) is 0 Å². The Kier molecular flexibility index (Phi) is 3.48. The smallest absolute Gasteiger partial charge is 0.192 e. The van der Waals surface area contributed by atoms with Crippen LogP contribution in [0.5, 0.6) is 5.75 Å². The molecule has 0 fully saturated rings. The molecule has 60 valence electrons. The summed E-state index contributed by atoms with van der Waals surface area (Å²) in [5.74, 6) is 0.882. The van der Waals surface area contributed by atoms with Gasteiger partial charge in [-0.15, -0.1) is 0 Å². The summed E-state index contributed by atoms with van der Waals surface area (Å²) < 4.78 is 4.99. The monoisotopic (exact) mass is 263 g/mol. The standard InChI is InChI=1S/C8H10INO/c1-2-10-7-3-5-8(11-9)6-4-7/h3-6,10H,2H2,1H3. The zero-order valence-electron chi connectivity index (χ0n) is 6.30. The molecule has 0 bridgehead atoms. The van der Waals surface area contributed by atoms with Gasteiger partial charge in [0, 0.05) is 12.2 Å². The molecule has 0 heterocycles. The van der Waals surface area contributed by atoms with E-state index in [1.54, 1.807) is 0 Å². The number of hydrogen-bond donors (Lipinski definition) is 1. The summed E-state index contributed by atoms with van der Waals surface area (Å²) in [6, 6.07) is 7.86. The van der Waals surface area contributed by atoms with Crippen molar-refractivity contribution in [1.82, 2.24) is 0 Å². The van der Waals surface area contributed by atoms with Crippen LogP contribution >= 0.6 is 23.0 Å². The number of halogens is 1. The largest absolute Gasteiger partial charge is 0.428 e. The van der Waals surface area contributed by atoms with Crippen LogP contribution in [0.1, 0.15) is 6.92 Å². The van der Waals surface area contributed by atoms with E-state index in [1.807, 2.05) is 47.3 Å². The molecule has 3 heteroatoms. The Hall–Kier alpha value is -0.450. The highest BCUT2D eigenvalue weighted by Gasteiger charge is 1.90. The molecule has 1 N–H and O–H groups in total. The molecule has 0 aromatic heterocycles. The SMILES string of the molecule is CCNc1ccc(OI)cc1. The predicted molar refractivity (Wildman–Crippen MR) is 55.3 cm³/mol.